The van der Waals surface area contributed by atoms with Crippen molar-refractivity contribution in [3.8, 4) is 6.07 Å². The fraction of sp³-hybridized carbons (Fsp3) is 0.333. The van der Waals surface area contributed by atoms with Crippen LogP contribution in [0, 0.1) is 31.0 Å². The van der Waals surface area contributed by atoms with E-state index < -0.39 is 0 Å². The van der Waals surface area contributed by atoms with Crippen LogP contribution in [0.3, 0.4) is 0 Å². The molecule has 0 saturated carbocycles. The van der Waals surface area contributed by atoms with Crippen LogP contribution in [0.25, 0.3) is 0 Å². The molecule has 0 aliphatic rings. The summed E-state index contributed by atoms with van der Waals surface area (Å²) in [4.78, 5) is 15.2. The van der Waals surface area contributed by atoms with Crippen molar-refractivity contribution in [3.05, 3.63) is 51.7 Å². The molecule has 0 unspecified atom stereocenters. The first-order chi connectivity index (χ1) is 11.4. The standard InChI is InChI=1S/C18H20FN3OS/c1-4-22(10-14-6-5-7-15(19)8-14)11-17(23)21-18-16(9-20)12(2)13(3)24-18/h5-8H,4,10-11H2,1-3H3,(H,21,23). The Morgan fingerprint density at radius 3 is 2.79 bits per heavy atom. The van der Waals surface area contributed by atoms with Gasteiger partial charge in [-0.15, -0.1) is 11.3 Å². The average molecular weight is 345 g/mol. The molecule has 0 saturated heterocycles. The zero-order chi connectivity index (χ0) is 17.7. The van der Waals surface area contributed by atoms with Gasteiger partial charge >= 0.3 is 0 Å². The number of halogens is 1. The summed E-state index contributed by atoms with van der Waals surface area (Å²) in [5, 5.41) is 12.7. The van der Waals surface area contributed by atoms with E-state index in [0.717, 1.165) is 16.0 Å². The van der Waals surface area contributed by atoms with Crippen molar-refractivity contribution < 1.29 is 9.18 Å². The molecular weight excluding hydrogens is 325 g/mol. The van der Waals surface area contributed by atoms with Crippen molar-refractivity contribution in [1.29, 1.82) is 5.26 Å². The molecule has 4 nitrogen and oxygen atoms in total. The molecule has 1 amide bonds. The first-order valence-corrected chi connectivity index (χ1v) is 8.53. The molecule has 0 fully saturated rings. The van der Waals surface area contributed by atoms with Crippen molar-refractivity contribution in [2.45, 2.75) is 27.3 Å². The van der Waals surface area contributed by atoms with Crippen LogP contribution in [0.5, 0.6) is 0 Å². The number of amides is 1. The van der Waals surface area contributed by atoms with Gasteiger partial charge in [0.15, 0.2) is 0 Å². The molecule has 6 heteroatoms. The number of carbonyl (C=O) groups excluding carboxylic acids is 1. The van der Waals surface area contributed by atoms with Gasteiger partial charge in [-0.3, -0.25) is 9.69 Å². The molecule has 2 rings (SSSR count). The Bertz CT molecular complexity index is 779. The minimum Gasteiger partial charge on any atom is -0.315 e. The average Bonchev–Trinajstić information content (AvgIpc) is 2.80. The fourth-order valence-corrected chi connectivity index (χ4v) is 3.42. The van der Waals surface area contributed by atoms with E-state index in [-0.39, 0.29) is 18.3 Å². The Morgan fingerprint density at radius 2 is 2.17 bits per heavy atom. The van der Waals surface area contributed by atoms with E-state index in [4.69, 9.17) is 0 Å². The van der Waals surface area contributed by atoms with Crippen LogP contribution in [0.15, 0.2) is 24.3 Å². The van der Waals surface area contributed by atoms with E-state index in [2.05, 4.69) is 11.4 Å². The highest BCUT2D eigenvalue weighted by molar-refractivity contribution is 7.16. The molecule has 126 valence electrons. The van der Waals surface area contributed by atoms with E-state index in [1.807, 2.05) is 31.7 Å². The molecule has 1 aromatic heterocycles. The Labute approximate surface area is 145 Å². The lowest BCUT2D eigenvalue weighted by molar-refractivity contribution is -0.117. The van der Waals surface area contributed by atoms with Crippen LogP contribution < -0.4 is 5.32 Å². The summed E-state index contributed by atoms with van der Waals surface area (Å²) in [6, 6.07) is 8.51. The van der Waals surface area contributed by atoms with Gasteiger partial charge in [0, 0.05) is 11.4 Å². The maximum Gasteiger partial charge on any atom is 0.239 e. The van der Waals surface area contributed by atoms with E-state index in [1.165, 1.54) is 23.5 Å². The van der Waals surface area contributed by atoms with Crippen LogP contribution in [0.4, 0.5) is 9.39 Å². The maximum absolute atomic E-state index is 13.3. The number of hydrogen-bond donors (Lipinski definition) is 1. The lowest BCUT2D eigenvalue weighted by atomic mass is 10.2. The number of carbonyl (C=O) groups is 1. The van der Waals surface area contributed by atoms with Crippen molar-refractivity contribution >= 4 is 22.2 Å². The van der Waals surface area contributed by atoms with Gasteiger partial charge in [-0.05, 0) is 43.7 Å². The second kappa shape index (κ2) is 8.04. The summed E-state index contributed by atoms with van der Waals surface area (Å²) in [6.07, 6.45) is 0. The normalized spacial score (nSPS) is 10.7. The smallest absolute Gasteiger partial charge is 0.239 e. The quantitative estimate of drug-likeness (QED) is 0.865. The van der Waals surface area contributed by atoms with Gasteiger partial charge in [0.2, 0.25) is 5.91 Å². The third-order valence-corrected chi connectivity index (χ3v) is 4.98. The largest absolute Gasteiger partial charge is 0.315 e. The van der Waals surface area contributed by atoms with Gasteiger partial charge < -0.3 is 5.32 Å². The molecule has 1 N–H and O–H groups in total. The molecule has 0 atom stereocenters. The highest BCUT2D eigenvalue weighted by Crippen LogP contribution is 2.31. The number of nitriles is 1. The molecule has 0 aliphatic carbocycles. The number of thiophene rings is 1. The zero-order valence-corrected chi connectivity index (χ0v) is 14.8. The number of benzene rings is 1. The second-order valence-corrected chi connectivity index (χ2v) is 6.81. The van der Waals surface area contributed by atoms with Crippen molar-refractivity contribution in [2.24, 2.45) is 0 Å². The van der Waals surface area contributed by atoms with Crippen LogP contribution >= 0.6 is 11.3 Å². The van der Waals surface area contributed by atoms with Crippen LogP contribution in [0.2, 0.25) is 0 Å². The Hall–Kier alpha value is -2.23. The molecule has 2 aromatic rings. The number of nitrogens with one attached hydrogen (secondary N) is 1. The lowest BCUT2D eigenvalue weighted by Gasteiger charge is -2.19. The monoisotopic (exact) mass is 345 g/mol. The Kier molecular flexibility index (Phi) is 6.07. The van der Waals surface area contributed by atoms with E-state index >= 15 is 0 Å². The first-order valence-electron chi connectivity index (χ1n) is 7.71. The number of anilines is 1. The summed E-state index contributed by atoms with van der Waals surface area (Å²) in [7, 11) is 0. The minimum absolute atomic E-state index is 0.175. The summed E-state index contributed by atoms with van der Waals surface area (Å²) in [6.45, 7) is 7.11. The van der Waals surface area contributed by atoms with E-state index in [9.17, 15) is 14.4 Å². The van der Waals surface area contributed by atoms with Gasteiger partial charge in [-0.2, -0.15) is 5.26 Å². The topological polar surface area (TPSA) is 56.1 Å². The van der Waals surface area contributed by atoms with Crippen LogP contribution in [-0.4, -0.2) is 23.9 Å². The van der Waals surface area contributed by atoms with Gasteiger partial charge in [0.1, 0.15) is 16.9 Å². The number of rotatable bonds is 6. The molecule has 0 aliphatic heterocycles. The minimum atomic E-state index is -0.281. The summed E-state index contributed by atoms with van der Waals surface area (Å²) in [5.74, 6) is -0.456. The first kappa shape index (κ1) is 18.1. The van der Waals surface area contributed by atoms with Gasteiger partial charge in [0.25, 0.3) is 0 Å². The summed E-state index contributed by atoms with van der Waals surface area (Å²) in [5.41, 5.74) is 2.26. The second-order valence-electron chi connectivity index (χ2n) is 5.58. The van der Waals surface area contributed by atoms with Crippen LogP contribution in [-0.2, 0) is 11.3 Å². The molecule has 24 heavy (non-hydrogen) atoms. The predicted molar refractivity (Wildman–Crippen MR) is 94.5 cm³/mol. The number of hydrogen-bond acceptors (Lipinski definition) is 4. The zero-order valence-electron chi connectivity index (χ0n) is 14.0. The van der Waals surface area contributed by atoms with E-state index in [1.54, 1.807) is 6.07 Å². The number of nitrogens with zero attached hydrogens (tertiary/aromatic N) is 2. The van der Waals surface area contributed by atoms with Gasteiger partial charge in [-0.1, -0.05) is 19.1 Å². The van der Waals surface area contributed by atoms with Crippen LogP contribution in [0.1, 0.15) is 28.5 Å². The Morgan fingerprint density at radius 1 is 1.42 bits per heavy atom. The number of aryl methyl sites for hydroxylation is 1. The highest BCUT2D eigenvalue weighted by Gasteiger charge is 2.16. The van der Waals surface area contributed by atoms with Gasteiger partial charge in [0.05, 0.1) is 12.1 Å². The molecule has 0 radical (unpaired) electrons. The lowest BCUT2D eigenvalue weighted by Crippen LogP contribution is -2.32. The molecule has 0 bridgehead atoms. The summed E-state index contributed by atoms with van der Waals surface area (Å²) >= 11 is 1.41. The predicted octanol–water partition coefficient (Wildman–Crippen LogP) is 3.84. The fourth-order valence-electron chi connectivity index (χ4n) is 2.39. The van der Waals surface area contributed by atoms with Crippen molar-refractivity contribution in [3.63, 3.8) is 0 Å². The molecular formula is C18H20FN3OS. The highest BCUT2D eigenvalue weighted by atomic mass is 32.1. The van der Waals surface area contributed by atoms with Crippen molar-refractivity contribution in [2.75, 3.05) is 18.4 Å². The van der Waals surface area contributed by atoms with Crippen molar-refractivity contribution in [1.82, 2.24) is 4.90 Å². The number of likely N-dealkylation sites (N-methyl/N-ethyl adjacent to an activating group) is 1. The third kappa shape index (κ3) is 4.40. The summed E-state index contributed by atoms with van der Waals surface area (Å²) < 4.78 is 13.3. The molecule has 1 heterocycles. The molecule has 1 aromatic carbocycles. The van der Waals surface area contributed by atoms with Gasteiger partial charge in [-0.25, -0.2) is 4.39 Å². The Balaban J connectivity index is 2.02. The SMILES string of the molecule is CCN(CC(=O)Nc1sc(C)c(C)c1C#N)Cc1cccc(F)c1. The van der Waals surface area contributed by atoms with E-state index in [0.29, 0.717) is 23.7 Å². The third-order valence-electron chi connectivity index (χ3n) is 3.86. The maximum atomic E-state index is 13.3. The molecule has 0 spiro atoms.